The molecule has 2 atom stereocenters. The summed E-state index contributed by atoms with van der Waals surface area (Å²) in [6, 6.07) is 15.5. The van der Waals surface area contributed by atoms with Crippen molar-refractivity contribution >= 4 is 22.9 Å². The Morgan fingerprint density at radius 1 is 1.15 bits per heavy atom. The van der Waals surface area contributed by atoms with Gasteiger partial charge in [-0.05, 0) is 43.3 Å². The Bertz CT molecular complexity index is 706. The summed E-state index contributed by atoms with van der Waals surface area (Å²) in [6.07, 6.45) is 2.12. The molecule has 4 rings (SSSR count). The zero-order valence-electron chi connectivity index (χ0n) is 15.4. The number of amides is 1. The van der Waals surface area contributed by atoms with E-state index in [1.54, 1.807) is 4.90 Å². The Morgan fingerprint density at radius 2 is 1.88 bits per heavy atom. The van der Waals surface area contributed by atoms with Gasteiger partial charge < -0.3 is 15.1 Å². The molecule has 1 aliphatic carbocycles. The Hall–Kier alpha value is -1.85. The molecule has 1 aliphatic heterocycles. The highest BCUT2D eigenvalue weighted by molar-refractivity contribution is 7.10. The smallest absolute Gasteiger partial charge is 0.223 e. The third-order valence-electron chi connectivity index (χ3n) is 5.63. The lowest BCUT2D eigenvalue weighted by atomic mass is 10.0. The molecule has 2 aromatic rings. The van der Waals surface area contributed by atoms with Crippen LogP contribution in [0.15, 0.2) is 47.8 Å². The number of hydrogen-bond donors (Lipinski definition) is 2. The van der Waals surface area contributed by atoms with Gasteiger partial charge in [-0.1, -0.05) is 24.3 Å². The molecule has 0 spiro atoms. The Morgan fingerprint density at radius 3 is 2.50 bits per heavy atom. The SMILES string of the molecule is C[C@H](NC(=O)C1CC1)[C@H](c1cccs1)[NH+]1CCN(c2ccccc2)CC1. The van der Waals surface area contributed by atoms with Crippen molar-refractivity contribution < 1.29 is 9.69 Å². The average Bonchev–Trinajstić information content (AvgIpc) is 3.40. The molecule has 0 unspecified atom stereocenters. The number of anilines is 1. The molecule has 1 saturated heterocycles. The van der Waals surface area contributed by atoms with E-state index in [1.165, 1.54) is 10.6 Å². The van der Waals surface area contributed by atoms with E-state index in [0.717, 1.165) is 39.0 Å². The zero-order valence-corrected chi connectivity index (χ0v) is 16.2. The van der Waals surface area contributed by atoms with Gasteiger partial charge in [0.05, 0.1) is 37.1 Å². The second kappa shape index (κ2) is 7.80. The second-order valence-electron chi connectivity index (χ2n) is 7.55. The first-order chi connectivity index (χ1) is 12.7. The van der Waals surface area contributed by atoms with Crippen LogP contribution in [0.2, 0.25) is 0 Å². The minimum Gasteiger partial charge on any atom is -0.360 e. The van der Waals surface area contributed by atoms with Crippen molar-refractivity contribution in [3.63, 3.8) is 0 Å². The van der Waals surface area contributed by atoms with Gasteiger partial charge in [0.1, 0.15) is 6.04 Å². The number of benzene rings is 1. The number of nitrogens with one attached hydrogen (secondary N) is 2. The van der Waals surface area contributed by atoms with Crippen molar-refractivity contribution in [1.29, 1.82) is 0 Å². The van der Waals surface area contributed by atoms with Gasteiger partial charge in [0, 0.05) is 11.6 Å². The van der Waals surface area contributed by atoms with Crippen molar-refractivity contribution in [1.82, 2.24) is 5.32 Å². The summed E-state index contributed by atoms with van der Waals surface area (Å²) in [7, 11) is 0. The van der Waals surface area contributed by atoms with Crippen molar-refractivity contribution in [3.8, 4) is 0 Å². The second-order valence-corrected chi connectivity index (χ2v) is 8.52. The third-order valence-corrected chi connectivity index (χ3v) is 6.59. The van der Waals surface area contributed by atoms with Crippen molar-refractivity contribution in [2.24, 2.45) is 5.92 Å². The molecule has 138 valence electrons. The van der Waals surface area contributed by atoms with Crippen molar-refractivity contribution in [2.45, 2.75) is 31.8 Å². The van der Waals surface area contributed by atoms with Crippen molar-refractivity contribution in [3.05, 3.63) is 52.7 Å². The number of carbonyl (C=O) groups is 1. The van der Waals surface area contributed by atoms with E-state index in [4.69, 9.17) is 0 Å². The van der Waals surface area contributed by atoms with Gasteiger partial charge in [0.2, 0.25) is 5.91 Å². The first-order valence-corrected chi connectivity index (χ1v) is 10.6. The third kappa shape index (κ3) is 3.94. The summed E-state index contributed by atoms with van der Waals surface area (Å²) in [5.74, 6) is 0.521. The molecule has 1 amide bonds. The van der Waals surface area contributed by atoms with E-state index in [-0.39, 0.29) is 17.9 Å². The summed E-state index contributed by atoms with van der Waals surface area (Å²) < 4.78 is 0. The molecule has 4 nitrogen and oxygen atoms in total. The predicted octanol–water partition coefficient (Wildman–Crippen LogP) is 2.11. The van der Waals surface area contributed by atoms with Crippen LogP contribution in [0.5, 0.6) is 0 Å². The summed E-state index contributed by atoms with van der Waals surface area (Å²) in [6.45, 7) is 6.50. The molecule has 1 aromatic heterocycles. The highest BCUT2D eigenvalue weighted by Crippen LogP contribution is 2.29. The van der Waals surface area contributed by atoms with Crippen LogP contribution in [-0.2, 0) is 4.79 Å². The number of carbonyl (C=O) groups excluding carboxylic acids is 1. The van der Waals surface area contributed by atoms with E-state index in [9.17, 15) is 4.79 Å². The number of hydrogen-bond acceptors (Lipinski definition) is 3. The van der Waals surface area contributed by atoms with Crippen LogP contribution in [0.25, 0.3) is 0 Å². The molecule has 2 aliphatic rings. The highest BCUT2D eigenvalue weighted by Gasteiger charge is 2.37. The van der Waals surface area contributed by atoms with Gasteiger partial charge in [0.25, 0.3) is 0 Å². The Labute approximate surface area is 159 Å². The number of para-hydroxylation sites is 1. The normalized spacial score (nSPS) is 20.6. The summed E-state index contributed by atoms with van der Waals surface area (Å²) in [5.41, 5.74) is 1.31. The maximum Gasteiger partial charge on any atom is 0.223 e. The molecule has 0 radical (unpaired) electrons. The molecule has 1 saturated carbocycles. The fraction of sp³-hybridized carbons (Fsp3) is 0.476. The highest BCUT2D eigenvalue weighted by atomic mass is 32.1. The van der Waals surface area contributed by atoms with E-state index >= 15 is 0 Å². The number of quaternary nitrogens is 1. The number of thiophene rings is 1. The van der Waals surface area contributed by atoms with Gasteiger partial charge in [-0.25, -0.2) is 0 Å². The largest absolute Gasteiger partial charge is 0.360 e. The van der Waals surface area contributed by atoms with Crippen LogP contribution in [0.1, 0.15) is 30.7 Å². The van der Waals surface area contributed by atoms with Crippen LogP contribution in [0.4, 0.5) is 5.69 Å². The molecular weight excluding hydrogens is 342 g/mol. The predicted molar refractivity (Wildman–Crippen MR) is 107 cm³/mol. The fourth-order valence-electron chi connectivity index (χ4n) is 4.04. The maximum atomic E-state index is 12.3. The molecule has 2 fully saturated rings. The van der Waals surface area contributed by atoms with Crippen LogP contribution < -0.4 is 15.1 Å². The first-order valence-electron chi connectivity index (χ1n) is 9.71. The van der Waals surface area contributed by atoms with Crippen molar-refractivity contribution in [2.75, 3.05) is 31.1 Å². The minimum absolute atomic E-state index is 0.167. The van der Waals surface area contributed by atoms with E-state index in [0.29, 0.717) is 6.04 Å². The van der Waals surface area contributed by atoms with E-state index in [1.807, 2.05) is 11.3 Å². The van der Waals surface area contributed by atoms with Gasteiger partial charge in [0.15, 0.2) is 0 Å². The maximum absolute atomic E-state index is 12.3. The monoisotopic (exact) mass is 370 g/mol. The van der Waals surface area contributed by atoms with Gasteiger partial charge >= 0.3 is 0 Å². The standard InChI is InChI=1S/C21H27N3OS/c1-16(22-21(25)17-9-10-17)20(19-8-5-15-26-19)24-13-11-23(12-14-24)18-6-3-2-4-7-18/h2-8,15-17,20H,9-14H2,1H3,(H,22,25)/p+1/t16-,20+/m0/s1. The molecule has 1 aromatic carbocycles. The molecular formula is C21H28N3OS+. The quantitative estimate of drug-likeness (QED) is 0.817. The van der Waals surface area contributed by atoms with Crippen LogP contribution >= 0.6 is 11.3 Å². The average molecular weight is 371 g/mol. The van der Waals surface area contributed by atoms with E-state index in [2.05, 4.69) is 65.0 Å². The van der Waals surface area contributed by atoms with Gasteiger partial charge in [-0.3, -0.25) is 4.79 Å². The molecule has 5 heteroatoms. The van der Waals surface area contributed by atoms with Crippen LogP contribution in [0, 0.1) is 5.92 Å². The Kier molecular flexibility index (Phi) is 5.27. The number of piperazine rings is 1. The summed E-state index contributed by atoms with van der Waals surface area (Å²) in [4.78, 5) is 17.7. The summed E-state index contributed by atoms with van der Waals surface area (Å²) >= 11 is 1.82. The lowest BCUT2D eigenvalue weighted by molar-refractivity contribution is -0.933. The molecule has 2 heterocycles. The Balaban J connectivity index is 1.44. The lowest BCUT2D eigenvalue weighted by Gasteiger charge is -2.39. The van der Waals surface area contributed by atoms with Crippen LogP contribution in [-0.4, -0.2) is 38.1 Å². The molecule has 26 heavy (non-hydrogen) atoms. The van der Waals surface area contributed by atoms with Gasteiger partial charge in [-0.2, -0.15) is 0 Å². The molecule has 2 N–H and O–H groups in total. The molecule has 0 bridgehead atoms. The number of rotatable bonds is 6. The fourth-order valence-corrected chi connectivity index (χ4v) is 5.03. The zero-order chi connectivity index (χ0) is 17.9. The summed E-state index contributed by atoms with van der Waals surface area (Å²) in [5, 5.41) is 5.45. The van der Waals surface area contributed by atoms with Crippen LogP contribution in [0.3, 0.4) is 0 Å². The topological polar surface area (TPSA) is 36.8 Å². The number of nitrogens with zero attached hydrogens (tertiary/aromatic N) is 1. The van der Waals surface area contributed by atoms with E-state index < -0.39 is 0 Å². The first kappa shape index (κ1) is 17.6. The lowest BCUT2D eigenvalue weighted by Crippen LogP contribution is -3.16. The van der Waals surface area contributed by atoms with Gasteiger partial charge in [-0.15, -0.1) is 11.3 Å². The minimum atomic E-state index is 0.167.